The second-order valence-corrected chi connectivity index (χ2v) is 5.50. The highest BCUT2D eigenvalue weighted by Crippen LogP contribution is 2.30. The average Bonchev–Trinajstić information content (AvgIpc) is 2.34. The zero-order valence-electron chi connectivity index (χ0n) is 9.61. The van der Waals surface area contributed by atoms with Crippen LogP contribution in [0.2, 0.25) is 0 Å². The van der Waals surface area contributed by atoms with E-state index in [0.717, 1.165) is 20.1 Å². The van der Waals surface area contributed by atoms with Crippen molar-refractivity contribution in [3.63, 3.8) is 0 Å². The Morgan fingerprint density at radius 3 is 2.82 bits per heavy atom. The molecular formula is C13H12BrNOS. The lowest BCUT2D eigenvalue weighted by molar-refractivity contribution is 0.413. The van der Waals surface area contributed by atoms with Crippen LogP contribution in [0, 0.1) is 6.92 Å². The van der Waals surface area contributed by atoms with Crippen LogP contribution in [0.4, 0.5) is 0 Å². The van der Waals surface area contributed by atoms with Gasteiger partial charge in [0, 0.05) is 15.6 Å². The van der Waals surface area contributed by atoms with Crippen LogP contribution < -0.4 is 4.74 Å². The quantitative estimate of drug-likeness (QED) is 0.843. The van der Waals surface area contributed by atoms with E-state index in [1.54, 1.807) is 18.9 Å². The van der Waals surface area contributed by atoms with Crippen molar-refractivity contribution in [2.45, 2.75) is 16.8 Å². The number of aromatic nitrogens is 1. The first-order valence-corrected chi connectivity index (χ1v) is 6.74. The summed E-state index contributed by atoms with van der Waals surface area (Å²) < 4.78 is 6.23. The van der Waals surface area contributed by atoms with Gasteiger partial charge < -0.3 is 4.74 Å². The molecule has 0 unspecified atom stereocenters. The Morgan fingerprint density at radius 2 is 2.12 bits per heavy atom. The fourth-order valence-corrected chi connectivity index (χ4v) is 2.48. The molecule has 1 heterocycles. The van der Waals surface area contributed by atoms with E-state index in [1.807, 2.05) is 30.5 Å². The smallest absolute Gasteiger partial charge is 0.119 e. The van der Waals surface area contributed by atoms with Gasteiger partial charge in [0.25, 0.3) is 0 Å². The largest absolute Gasteiger partial charge is 0.497 e. The minimum atomic E-state index is 0.865. The number of ether oxygens (including phenoxy) is 1. The molecule has 0 atom stereocenters. The lowest BCUT2D eigenvalue weighted by Gasteiger charge is -2.05. The Morgan fingerprint density at radius 1 is 1.29 bits per heavy atom. The molecule has 1 aromatic carbocycles. The molecule has 2 nitrogen and oxygen atoms in total. The summed E-state index contributed by atoms with van der Waals surface area (Å²) in [6, 6.07) is 10.0. The third kappa shape index (κ3) is 3.23. The molecule has 0 spiro atoms. The molecule has 0 aliphatic rings. The van der Waals surface area contributed by atoms with Crippen molar-refractivity contribution in [2.75, 3.05) is 7.11 Å². The predicted molar refractivity (Wildman–Crippen MR) is 73.8 cm³/mol. The van der Waals surface area contributed by atoms with Crippen molar-refractivity contribution in [3.8, 4) is 5.75 Å². The fourth-order valence-electron chi connectivity index (χ4n) is 1.35. The first-order chi connectivity index (χ1) is 8.19. The average molecular weight is 310 g/mol. The summed E-state index contributed by atoms with van der Waals surface area (Å²) >= 11 is 5.07. The summed E-state index contributed by atoms with van der Waals surface area (Å²) in [6.45, 7) is 2.06. The maximum absolute atomic E-state index is 5.19. The number of benzene rings is 1. The molecule has 88 valence electrons. The van der Waals surface area contributed by atoms with Crippen molar-refractivity contribution in [1.82, 2.24) is 4.98 Å². The zero-order valence-corrected chi connectivity index (χ0v) is 12.0. The molecule has 0 aliphatic carbocycles. The maximum atomic E-state index is 5.19. The number of rotatable bonds is 3. The van der Waals surface area contributed by atoms with Gasteiger partial charge in [-0.2, -0.15) is 0 Å². The molecule has 0 amide bonds. The molecule has 0 fully saturated rings. The SMILES string of the molecule is COc1cccc(Sc2cc(C)c(Br)cn2)c1. The van der Waals surface area contributed by atoms with E-state index in [0.29, 0.717) is 0 Å². The van der Waals surface area contributed by atoms with Gasteiger partial charge in [-0.3, -0.25) is 0 Å². The monoisotopic (exact) mass is 309 g/mol. The normalized spacial score (nSPS) is 10.3. The highest BCUT2D eigenvalue weighted by Gasteiger charge is 2.02. The first kappa shape index (κ1) is 12.5. The van der Waals surface area contributed by atoms with Gasteiger partial charge in [-0.15, -0.1) is 0 Å². The Balaban J connectivity index is 2.22. The van der Waals surface area contributed by atoms with Crippen LogP contribution in [-0.4, -0.2) is 12.1 Å². The molecule has 0 bridgehead atoms. The molecule has 2 rings (SSSR count). The number of hydrogen-bond donors (Lipinski definition) is 0. The topological polar surface area (TPSA) is 22.1 Å². The van der Waals surface area contributed by atoms with E-state index in [9.17, 15) is 0 Å². The zero-order chi connectivity index (χ0) is 12.3. The standard InChI is InChI=1S/C13H12BrNOS/c1-9-6-13(15-8-12(9)14)17-11-5-3-4-10(7-11)16-2/h3-8H,1-2H3. The number of nitrogens with zero attached hydrogens (tertiary/aromatic N) is 1. The molecule has 2 aromatic rings. The summed E-state index contributed by atoms with van der Waals surface area (Å²) in [7, 11) is 1.67. The van der Waals surface area contributed by atoms with E-state index in [4.69, 9.17) is 4.74 Å². The highest BCUT2D eigenvalue weighted by atomic mass is 79.9. The van der Waals surface area contributed by atoms with Crippen molar-refractivity contribution >= 4 is 27.7 Å². The summed E-state index contributed by atoms with van der Waals surface area (Å²) in [5, 5.41) is 0.985. The second-order valence-electron chi connectivity index (χ2n) is 3.55. The Labute approximate surface area is 114 Å². The predicted octanol–water partition coefficient (Wildman–Crippen LogP) is 4.31. The van der Waals surface area contributed by atoms with E-state index in [1.165, 1.54) is 5.56 Å². The number of halogens is 1. The van der Waals surface area contributed by atoms with Crippen molar-refractivity contribution < 1.29 is 4.74 Å². The minimum absolute atomic E-state index is 0.865. The van der Waals surface area contributed by atoms with Crippen LogP contribution >= 0.6 is 27.7 Å². The lowest BCUT2D eigenvalue weighted by atomic mass is 10.3. The number of methoxy groups -OCH3 is 1. The third-order valence-corrected chi connectivity index (χ3v) is 4.04. The molecule has 0 N–H and O–H groups in total. The van der Waals surface area contributed by atoms with Gasteiger partial charge >= 0.3 is 0 Å². The molecule has 0 aliphatic heterocycles. The van der Waals surface area contributed by atoms with Crippen LogP contribution in [0.15, 0.2) is 50.9 Å². The highest BCUT2D eigenvalue weighted by molar-refractivity contribution is 9.10. The van der Waals surface area contributed by atoms with Crippen LogP contribution in [0.1, 0.15) is 5.56 Å². The van der Waals surface area contributed by atoms with E-state index in [-0.39, 0.29) is 0 Å². The number of hydrogen-bond acceptors (Lipinski definition) is 3. The molecule has 0 saturated heterocycles. The molecule has 0 saturated carbocycles. The van der Waals surface area contributed by atoms with Gasteiger partial charge in [-0.25, -0.2) is 4.98 Å². The summed E-state index contributed by atoms with van der Waals surface area (Å²) in [5.74, 6) is 0.865. The summed E-state index contributed by atoms with van der Waals surface area (Å²) in [5.41, 5.74) is 1.19. The lowest BCUT2D eigenvalue weighted by Crippen LogP contribution is -1.85. The maximum Gasteiger partial charge on any atom is 0.119 e. The van der Waals surface area contributed by atoms with E-state index < -0.39 is 0 Å². The molecular weight excluding hydrogens is 298 g/mol. The Kier molecular flexibility index (Phi) is 4.07. The minimum Gasteiger partial charge on any atom is -0.497 e. The van der Waals surface area contributed by atoms with Gasteiger partial charge in [0.2, 0.25) is 0 Å². The van der Waals surface area contributed by atoms with Crippen LogP contribution in [0.5, 0.6) is 5.75 Å². The Hall–Kier alpha value is -1.00. The number of pyridine rings is 1. The molecule has 0 radical (unpaired) electrons. The fraction of sp³-hybridized carbons (Fsp3) is 0.154. The molecule has 4 heteroatoms. The Bertz CT molecular complexity index is 531. The van der Waals surface area contributed by atoms with Gasteiger partial charge in [0.05, 0.1) is 7.11 Å². The van der Waals surface area contributed by atoms with Crippen LogP contribution in [0.25, 0.3) is 0 Å². The van der Waals surface area contributed by atoms with Gasteiger partial charge in [0.1, 0.15) is 10.8 Å². The molecule has 1 aromatic heterocycles. The molecule has 17 heavy (non-hydrogen) atoms. The van der Waals surface area contributed by atoms with Crippen molar-refractivity contribution in [1.29, 1.82) is 0 Å². The summed E-state index contributed by atoms with van der Waals surface area (Å²) in [4.78, 5) is 5.49. The van der Waals surface area contributed by atoms with Gasteiger partial charge in [0.15, 0.2) is 0 Å². The van der Waals surface area contributed by atoms with Gasteiger partial charge in [-0.05, 0) is 52.7 Å². The van der Waals surface area contributed by atoms with Gasteiger partial charge in [-0.1, -0.05) is 17.8 Å². The number of aryl methyl sites for hydroxylation is 1. The first-order valence-electron chi connectivity index (χ1n) is 5.13. The van der Waals surface area contributed by atoms with E-state index in [2.05, 4.69) is 33.9 Å². The second kappa shape index (κ2) is 5.56. The van der Waals surface area contributed by atoms with E-state index >= 15 is 0 Å². The van der Waals surface area contributed by atoms with Crippen LogP contribution in [-0.2, 0) is 0 Å². The summed E-state index contributed by atoms with van der Waals surface area (Å²) in [6.07, 6.45) is 1.83. The van der Waals surface area contributed by atoms with Crippen LogP contribution in [0.3, 0.4) is 0 Å². The third-order valence-electron chi connectivity index (χ3n) is 2.29. The van der Waals surface area contributed by atoms with Crippen molar-refractivity contribution in [3.05, 3.63) is 46.6 Å². The van der Waals surface area contributed by atoms with Crippen molar-refractivity contribution in [2.24, 2.45) is 0 Å².